The Morgan fingerprint density at radius 2 is 1.97 bits per heavy atom. The summed E-state index contributed by atoms with van der Waals surface area (Å²) in [5.41, 5.74) is 4.19. The third kappa shape index (κ3) is 4.01. The van der Waals surface area contributed by atoms with Crippen LogP contribution in [0.25, 0.3) is 10.9 Å². The van der Waals surface area contributed by atoms with Crippen molar-refractivity contribution in [1.82, 2.24) is 15.2 Å². The molecular weight excluding hydrogens is 396 g/mol. The summed E-state index contributed by atoms with van der Waals surface area (Å²) in [6, 6.07) is 13.4. The van der Waals surface area contributed by atoms with Crippen LogP contribution < -0.4 is 20.1 Å². The SMILES string of the molecule is O=C(CCCNC(=O)N1CCc2c([nH]c3ccccc23)C1)Nc1ccc2c(c1)OCO2. The number of fused-ring (bicyclic) bond motifs is 4. The summed E-state index contributed by atoms with van der Waals surface area (Å²) in [4.78, 5) is 30.0. The number of benzene rings is 2. The Morgan fingerprint density at radius 3 is 2.90 bits per heavy atom. The fourth-order valence-electron chi connectivity index (χ4n) is 4.12. The lowest BCUT2D eigenvalue weighted by molar-refractivity contribution is -0.116. The second-order valence-electron chi connectivity index (χ2n) is 7.75. The molecule has 0 saturated carbocycles. The van der Waals surface area contributed by atoms with Gasteiger partial charge in [-0.05, 0) is 36.6 Å². The van der Waals surface area contributed by atoms with Crippen molar-refractivity contribution in [3.8, 4) is 11.5 Å². The Hall–Kier alpha value is -3.68. The molecule has 3 heterocycles. The number of anilines is 1. The fourth-order valence-corrected chi connectivity index (χ4v) is 4.12. The molecular formula is C23H24N4O4. The highest BCUT2D eigenvalue weighted by Crippen LogP contribution is 2.34. The average molecular weight is 420 g/mol. The van der Waals surface area contributed by atoms with Crippen molar-refractivity contribution >= 4 is 28.5 Å². The second kappa shape index (κ2) is 8.22. The van der Waals surface area contributed by atoms with E-state index in [1.165, 1.54) is 10.9 Å². The van der Waals surface area contributed by atoms with E-state index in [1.807, 2.05) is 17.0 Å². The molecule has 160 valence electrons. The van der Waals surface area contributed by atoms with Crippen molar-refractivity contribution in [3.05, 3.63) is 53.7 Å². The lowest BCUT2D eigenvalue weighted by atomic mass is 10.0. The fraction of sp³-hybridized carbons (Fsp3) is 0.304. The third-order valence-electron chi connectivity index (χ3n) is 5.68. The van der Waals surface area contributed by atoms with Gasteiger partial charge in [-0.1, -0.05) is 18.2 Å². The molecule has 2 aliphatic heterocycles. The topological polar surface area (TPSA) is 95.7 Å². The van der Waals surface area contributed by atoms with Crippen molar-refractivity contribution in [1.29, 1.82) is 0 Å². The smallest absolute Gasteiger partial charge is 0.317 e. The molecule has 0 bridgehead atoms. The van der Waals surface area contributed by atoms with Crippen molar-refractivity contribution in [3.63, 3.8) is 0 Å². The summed E-state index contributed by atoms with van der Waals surface area (Å²) in [6.07, 6.45) is 1.72. The number of nitrogens with one attached hydrogen (secondary N) is 3. The summed E-state index contributed by atoms with van der Waals surface area (Å²) in [5.74, 6) is 1.21. The van der Waals surface area contributed by atoms with Gasteiger partial charge in [0.2, 0.25) is 12.7 Å². The molecule has 5 rings (SSSR count). The first kappa shape index (κ1) is 19.3. The van der Waals surface area contributed by atoms with Gasteiger partial charge in [-0.3, -0.25) is 4.79 Å². The van der Waals surface area contributed by atoms with Gasteiger partial charge in [0.05, 0.1) is 6.54 Å². The van der Waals surface area contributed by atoms with E-state index >= 15 is 0 Å². The number of carbonyl (C=O) groups is 2. The van der Waals surface area contributed by atoms with Crippen LogP contribution in [0.2, 0.25) is 0 Å². The minimum atomic E-state index is -0.103. The van der Waals surface area contributed by atoms with Gasteiger partial charge in [0.25, 0.3) is 0 Å². The molecule has 8 nitrogen and oxygen atoms in total. The van der Waals surface area contributed by atoms with Crippen LogP contribution in [-0.4, -0.2) is 41.7 Å². The van der Waals surface area contributed by atoms with Gasteiger partial charge in [-0.2, -0.15) is 0 Å². The summed E-state index contributed by atoms with van der Waals surface area (Å²) in [6.45, 7) is 1.90. The number of carbonyl (C=O) groups excluding carboxylic acids is 2. The zero-order valence-corrected chi connectivity index (χ0v) is 17.1. The van der Waals surface area contributed by atoms with E-state index in [-0.39, 0.29) is 18.7 Å². The molecule has 8 heteroatoms. The lowest BCUT2D eigenvalue weighted by Gasteiger charge is -2.27. The van der Waals surface area contributed by atoms with Crippen LogP contribution in [0.1, 0.15) is 24.1 Å². The number of ether oxygens (including phenoxy) is 2. The summed E-state index contributed by atoms with van der Waals surface area (Å²) in [7, 11) is 0. The molecule has 3 N–H and O–H groups in total. The molecule has 3 amide bonds. The Balaban J connectivity index is 1.07. The zero-order valence-electron chi connectivity index (χ0n) is 17.1. The first-order valence-corrected chi connectivity index (χ1v) is 10.5. The molecule has 0 radical (unpaired) electrons. The van der Waals surface area contributed by atoms with Gasteiger partial charge in [-0.25, -0.2) is 4.79 Å². The van der Waals surface area contributed by atoms with Crippen LogP contribution in [0.5, 0.6) is 11.5 Å². The highest BCUT2D eigenvalue weighted by Gasteiger charge is 2.23. The molecule has 31 heavy (non-hydrogen) atoms. The minimum absolute atomic E-state index is 0.0968. The summed E-state index contributed by atoms with van der Waals surface area (Å²) < 4.78 is 10.6. The monoisotopic (exact) mass is 420 g/mol. The van der Waals surface area contributed by atoms with E-state index in [0.29, 0.717) is 49.7 Å². The van der Waals surface area contributed by atoms with Crippen LogP contribution in [0.15, 0.2) is 42.5 Å². The second-order valence-corrected chi connectivity index (χ2v) is 7.75. The van der Waals surface area contributed by atoms with E-state index in [0.717, 1.165) is 17.6 Å². The third-order valence-corrected chi connectivity index (χ3v) is 5.68. The van der Waals surface area contributed by atoms with Crippen LogP contribution >= 0.6 is 0 Å². The predicted molar refractivity (Wildman–Crippen MR) is 116 cm³/mol. The van der Waals surface area contributed by atoms with Gasteiger partial charge < -0.3 is 30.0 Å². The van der Waals surface area contributed by atoms with Crippen LogP contribution in [0.3, 0.4) is 0 Å². The van der Waals surface area contributed by atoms with Crippen LogP contribution in [0.4, 0.5) is 10.5 Å². The van der Waals surface area contributed by atoms with E-state index in [2.05, 4.69) is 27.8 Å². The number of H-pyrrole nitrogens is 1. The van der Waals surface area contributed by atoms with Crippen molar-refractivity contribution in [2.75, 3.05) is 25.2 Å². The highest BCUT2D eigenvalue weighted by molar-refractivity contribution is 5.91. The number of nitrogens with zero attached hydrogens (tertiary/aromatic N) is 1. The van der Waals surface area contributed by atoms with Crippen molar-refractivity contribution in [2.24, 2.45) is 0 Å². The molecule has 0 aliphatic carbocycles. The molecule has 0 saturated heterocycles. The Labute approximate surface area is 179 Å². The number of hydrogen-bond donors (Lipinski definition) is 3. The van der Waals surface area contributed by atoms with E-state index in [4.69, 9.17) is 9.47 Å². The molecule has 2 aromatic carbocycles. The molecule has 0 unspecified atom stereocenters. The van der Waals surface area contributed by atoms with Gasteiger partial charge in [0.1, 0.15) is 0 Å². The van der Waals surface area contributed by atoms with Gasteiger partial charge in [0.15, 0.2) is 11.5 Å². The summed E-state index contributed by atoms with van der Waals surface area (Å²) in [5, 5.41) is 7.01. The minimum Gasteiger partial charge on any atom is -0.454 e. The number of hydrogen-bond acceptors (Lipinski definition) is 4. The average Bonchev–Trinajstić information content (AvgIpc) is 3.39. The molecule has 2 aliphatic rings. The van der Waals surface area contributed by atoms with Crippen molar-refractivity contribution in [2.45, 2.75) is 25.8 Å². The summed E-state index contributed by atoms with van der Waals surface area (Å²) >= 11 is 0. The van der Waals surface area contributed by atoms with Crippen LogP contribution in [-0.2, 0) is 17.8 Å². The maximum Gasteiger partial charge on any atom is 0.317 e. The highest BCUT2D eigenvalue weighted by atomic mass is 16.7. The first-order chi connectivity index (χ1) is 15.2. The normalized spacial score (nSPS) is 14.4. The van der Waals surface area contributed by atoms with Gasteiger partial charge in [0, 0.05) is 47.9 Å². The maximum atomic E-state index is 12.5. The number of rotatable bonds is 5. The lowest BCUT2D eigenvalue weighted by Crippen LogP contribution is -2.43. The van der Waals surface area contributed by atoms with E-state index in [9.17, 15) is 9.59 Å². The first-order valence-electron chi connectivity index (χ1n) is 10.5. The number of aromatic amines is 1. The largest absolute Gasteiger partial charge is 0.454 e. The number of urea groups is 1. The van der Waals surface area contributed by atoms with Gasteiger partial charge in [-0.15, -0.1) is 0 Å². The standard InChI is InChI=1S/C23H24N4O4/c28-22(25-15-7-8-20-21(12-15)31-14-30-20)6-3-10-24-23(29)27-11-9-17-16-4-1-2-5-18(16)26-19(17)13-27/h1-2,4-5,7-8,12,26H,3,6,9-11,13-14H2,(H,24,29)(H,25,28). The zero-order chi connectivity index (χ0) is 21.2. The Morgan fingerprint density at radius 1 is 1.10 bits per heavy atom. The molecule has 1 aromatic heterocycles. The Bertz CT molecular complexity index is 1140. The number of amides is 3. The molecule has 3 aromatic rings. The molecule has 0 spiro atoms. The maximum absolute atomic E-state index is 12.5. The van der Waals surface area contributed by atoms with Crippen LogP contribution in [0, 0.1) is 0 Å². The Kier molecular flexibility index (Phi) is 5.11. The quantitative estimate of drug-likeness (QED) is 0.552. The molecule has 0 atom stereocenters. The van der Waals surface area contributed by atoms with Gasteiger partial charge >= 0.3 is 6.03 Å². The number of para-hydroxylation sites is 1. The number of aromatic nitrogens is 1. The van der Waals surface area contributed by atoms with E-state index < -0.39 is 0 Å². The van der Waals surface area contributed by atoms with E-state index in [1.54, 1.807) is 18.2 Å². The molecule has 0 fully saturated rings. The van der Waals surface area contributed by atoms with Crippen molar-refractivity contribution < 1.29 is 19.1 Å². The predicted octanol–water partition coefficient (Wildman–Crippen LogP) is 3.38.